The van der Waals surface area contributed by atoms with Crippen LogP contribution in [0.4, 0.5) is 13.2 Å². The molecule has 3 heterocycles. The Morgan fingerprint density at radius 3 is 2.59 bits per heavy atom. The van der Waals surface area contributed by atoms with Gasteiger partial charge in [-0.1, -0.05) is 47.1 Å². The predicted molar refractivity (Wildman–Crippen MR) is 121 cm³/mol. The maximum Gasteiger partial charge on any atom is 0.416 e. The fourth-order valence-electron chi connectivity index (χ4n) is 3.86. The van der Waals surface area contributed by atoms with Crippen molar-refractivity contribution in [3.8, 4) is 11.1 Å². The topological polar surface area (TPSA) is 50.9 Å². The molecule has 0 fully saturated rings. The van der Waals surface area contributed by atoms with Crippen LogP contribution in [0.15, 0.2) is 95.0 Å². The van der Waals surface area contributed by atoms with Gasteiger partial charge < -0.3 is 14.2 Å². The number of amidine groups is 1. The highest BCUT2D eigenvalue weighted by Crippen LogP contribution is 2.37. The zero-order valence-corrected chi connectivity index (χ0v) is 18.3. The third-order valence-corrected chi connectivity index (χ3v) is 5.77. The van der Waals surface area contributed by atoms with Gasteiger partial charge in [-0.15, -0.1) is 0 Å². The molecule has 0 aliphatic carbocycles. The van der Waals surface area contributed by atoms with Gasteiger partial charge in [0, 0.05) is 28.5 Å². The van der Waals surface area contributed by atoms with Crippen LogP contribution in [-0.2, 0) is 17.6 Å². The lowest BCUT2D eigenvalue weighted by Gasteiger charge is -2.26. The first-order chi connectivity index (χ1) is 16.4. The molecule has 1 aliphatic rings. The molecule has 9 heteroatoms. The molecule has 1 aliphatic heterocycles. The van der Waals surface area contributed by atoms with Crippen molar-refractivity contribution in [1.29, 1.82) is 0 Å². The van der Waals surface area contributed by atoms with Crippen molar-refractivity contribution in [3.05, 3.63) is 113 Å². The standard InChI is InChI=1S/C25H17ClF3N3O2/c26-21-8-2-1-7-20(21)19-10-11-30-14-17(19)15-32-23(22-9-4-12-33-22)31-34-24(32)16-5-3-6-18(13-16)25(27,28)29/h1-14,24H,15H2. The van der Waals surface area contributed by atoms with Crippen LogP contribution in [-0.4, -0.2) is 15.7 Å². The average molecular weight is 484 g/mol. The van der Waals surface area contributed by atoms with Gasteiger partial charge in [-0.25, -0.2) is 0 Å². The van der Waals surface area contributed by atoms with Crippen LogP contribution < -0.4 is 0 Å². The van der Waals surface area contributed by atoms with Crippen molar-refractivity contribution in [2.45, 2.75) is 18.9 Å². The first kappa shape index (κ1) is 22.0. The molecular formula is C25H17ClF3N3O2. The number of alkyl halides is 3. The highest BCUT2D eigenvalue weighted by molar-refractivity contribution is 6.33. The first-order valence-corrected chi connectivity index (χ1v) is 10.7. The molecule has 2 aromatic heterocycles. The number of nitrogens with zero attached hydrogens (tertiary/aromatic N) is 3. The molecule has 5 nitrogen and oxygen atoms in total. The molecule has 172 valence electrons. The summed E-state index contributed by atoms with van der Waals surface area (Å²) >= 11 is 6.44. The lowest BCUT2D eigenvalue weighted by Crippen LogP contribution is -2.31. The van der Waals surface area contributed by atoms with Crippen molar-refractivity contribution in [1.82, 2.24) is 9.88 Å². The molecular weight excluding hydrogens is 467 g/mol. The summed E-state index contributed by atoms with van der Waals surface area (Å²) in [5, 5.41) is 4.72. The van der Waals surface area contributed by atoms with Crippen molar-refractivity contribution in [2.24, 2.45) is 5.16 Å². The van der Waals surface area contributed by atoms with Crippen LogP contribution in [0.25, 0.3) is 11.1 Å². The molecule has 1 atom stereocenters. The Morgan fingerprint density at radius 1 is 0.971 bits per heavy atom. The van der Waals surface area contributed by atoms with Crippen LogP contribution in [0.3, 0.4) is 0 Å². The summed E-state index contributed by atoms with van der Waals surface area (Å²) in [7, 11) is 0. The molecule has 0 bridgehead atoms. The van der Waals surface area contributed by atoms with E-state index < -0.39 is 18.0 Å². The van der Waals surface area contributed by atoms with Gasteiger partial charge in [0.15, 0.2) is 5.76 Å². The van der Waals surface area contributed by atoms with E-state index in [2.05, 4.69) is 10.1 Å². The molecule has 0 saturated carbocycles. The number of rotatable bonds is 5. The zero-order chi connectivity index (χ0) is 23.7. The van der Waals surface area contributed by atoms with E-state index in [1.54, 1.807) is 41.6 Å². The van der Waals surface area contributed by atoms with Crippen LogP contribution in [0, 0.1) is 0 Å². The number of furan rings is 1. The van der Waals surface area contributed by atoms with Gasteiger partial charge in [0.25, 0.3) is 0 Å². The summed E-state index contributed by atoms with van der Waals surface area (Å²) in [6.07, 6.45) is -0.534. The van der Waals surface area contributed by atoms with Gasteiger partial charge >= 0.3 is 6.18 Å². The van der Waals surface area contributed by atoms with Crippen LogP contribution in [0.1, 0.15) is 28.7 Å². The largest absolute Gasteiger partial charge is 0.461 e. The smallest absolute Gasteiger partial charge is 0.416 e. The quantitative estimate of drug-likeness (QED) is 0.309. The Labute approximate surface area is 198 Å². The molecule has 1 unspecified atom stereocenters. The minimum Gasteiger partial charge on any atom is -0.461 e. The third-order valence-electron chi connectivity index (χ3n) is 5.44. The van der Waals surface area contributed by atoms with Gasteiger partial charge in [-0.2, -0.15) is 13.2 Å². The molecule has 5 rings (SSSR count). The summed E-state index contributed by atoms with van der Waals surface area (Å²) < 4.78 is 45.6. The SMILES string of the molecule is FC(F)(F)c1cccc(C2ON=C(c3ccco3)N2Cc2cnccc2-c2ccccc2Cl)c1. The molecule has 34 heavy (non-hydrogen) atoms. The van der Waals surface area contributed by atoms with Crippen LogP contribution in [0.2, 0.25) is 5.02 Å². The van der Waals surface area contributed by atoms with Crippen molar-refractivity contribution < 1.29 is 22.4 Å². The monoisotopic (exact) mass is 483 g/mol. The minimum absolute atomic E-state index is 0.231. The Hall–Kier alpha value is -3.78. The fourth-order valence-corrected chi connectivity index (χ4v) is 4.10. The molecule has 0 N–H and O–H groups in total. The van der Waals surface area contributed by atoms with Crippen molar-refractivity contribution in [2.75, 3.05) is 0 Å². The molecule has 0 saturated heterocycles. The van der Waals surface area contributed by atoms with Crippen molar-refractivity contribution in [3.63, 3.8) is 0 Å². The summed E-state index contributed by atoms with van der Waals surface area (Å²) in [5.41, 5.74) is 1.99. The van der Waals surface area contributed by atoms with Gasteiger partial charge in [0.2, 0.25) is 12.1 Å². The molecule has 0 amide bonds. The van der Waals surface area contributed by atoms with E-state index >= 15 is 0 Å². The third kappa shape index (κ3) is 4.24. The van der Waals surface area contributed by atoms with E-state index in [-0.39, 0.29) is 6.54 Å². The van der Waals surface area contributed by atoms with Gasteiger partial charge in [-0.3, -0.25) is 4.98 Å². The number of hydrogen-bond acceptors (Lipinski definition) is 5. The normalized spacial score (nSPS) is 15.8. The Bertz CT molecular complexity index is 1340. The Morgan fingerprint density at radius 2 is 1.82 bits per heavy atom. The molecule has 0 radical (unpaired) electrons. The molecule has 4 aromatic rings. The molecule has 0 spiro atoms. The van der Waals surface area contributed by atoms with E-state index in [9.17, 15) is 13.2 Å². The highest BCUT2D eigenvalue weighted by atomic mass is 35.5. The fraction of sp³-hybridized carbons (Fsp3) is 0.120. The summed E-state index contributed by atoms with van der Waals surface area (Å²) in [6.45, 7) is 0.231. The lowest BCUT2D eigenvalue weighted by molar-refractivity contribution is -0.137. The number of benzene rings is 2. The van der Waals surface area contributed by atoms with Gasteiger partial charge in [-0.05, 0) is 47.5 Å². The average Bonchev–Trinajstić information content (AvgIpc) is 3.50. The maximum absolute atomic E-state index is 13.4. The van der Waals surface area contributed by atoms with E-state index in [0.29, 0.717) is 22.2 Å². The first-order valence-electron chi connectivity index (χ1n) is 10.3. The second-order valence-corrected chi connectivity index (χ2v) is 8.02. The van der Waals surface area contributed by atoms with E-state index in [0.717, 1.165) is 28.8 Å². The van der Waals surface area contributed by atoms with Crippen LogP contribution >= 0.6 is 11.6 Å². The number of aromatic nitrogens is 1. The summed E-state index contributed by atoms with van der Waals surface area (Å²) in [4.78, 5) is 11.6. The second kappa shape index (κ2) is 8.87. The number of pyridine rings is 1. The second-order valence-electron chi connectivity index (χ2n) is 7.61. The van der Waals surface area contributed by atoms with E-state index in [4.69, 9.17) is 20.9 Å². The van der Waals surface area contributed by atoms with E-state index in [1.165, 1.54) is 12.3 Å². The number of oxime groups is 1. The Kier molecular flexibility index (Phi) is 5.75. The number of halogens is 4. The predicted octanol–water partition coefficient (Wildman–Crippen LogP) is 6.91. The van der Waals surface area contributed by atoms with Gasteiger partial charge in [0.1, 0.15) is 0 Å². The molecule has 2 aromatic carbocycles. The number of hydrogen-bond donors (Lipinski definition) is 0. The minimum atomic E-state index is -4.48. The highest BCUT2D eigenvalue weighted by Gasteiger charge is 2.37. The van der Waals surface area contributed by atoms with Gasteiger partial charge in [0.05, 0.1) is 18.4 Å². The zero-order valence-electron chi connectivity index (χ0n) is 17.5. The summed E-state index contributed by atoms with van der Waals surface area (Å²) in [6, 6.07) is 17.7. The van der Waals surface area contributed by atoms with Crippen molar-refractivity contribution >= 4 is 17.4 Å². The maximum atomic E-state index is 13.4. The van der Waals surface area contributed by atoms with E-state index in [1.807, 2.05) is 24.3 Å². The Balaban J connectivity index is 1.56. The summed E-state index contributed by atoms with van der Waals surface area (Å²) in [5.74, 6) is 0.791. The lowest BCUT2D eigenvalue weighted by atomic mass is 10.0. The van der Waals surface area contributed by atoms with Crippen LogP contribution in [0.5, 0.6) is 0 Å².